The molecule has 6 nitrogen and oxygen atoms in total. The van der Waals surface area contributed by atoms with Crippen LogP contribution in [0.2, 0.25) is 15.1 Å². The van der Waals surface area contributed by atoms with Gasteiger partial charge in [0.1, 0.15) is 0 Å². The van der Waals surface area contributed by atoms with E-state index >= 15 is 0 Å². The van der Waals surface area contributed by atoms with Crippen LogP contribution in [0.1, 0.15) is 10.5 Å². The van der Waals surface area contributed by atoms with Crippen LogP contribution in [-0.2, 0) is 6.73 Å². The summed E-state index contributed by atoms with van der Waals surface area (Å²) in [7, 11) is 0. The number of rotatable bonds is 4. The Labute approximate surface area is 129 Å². The predicted molar refractivity (Wildman–Crippen MR) is 76.0 cm³/mol. The van der Waals surface area contributed by atoms with Gasteiger partial charge in [0.05, 0.1) is 15.1 Å². The summed E-state index contributed by atoms with van der Waals surface area (Å²) in [6.07, 6.45) is 1.43. The lowest BCUT2D eigenvalue weighted by Crippen LogP contribution is -2.30. The lowest BCUT2D eigenvalue weighted by Gasteiger charge is -2.09. The largest absolute Gasteiger partial charge is 0.468 e. The zero-order chi connectivity index (χ0) is 14.7. The van der Waals surface area contributed by atoms with E-state index in [9.17, 15) is 4.79 Å². The number of ether oxygens (including phenoxy) is 1. The summed E-state index contributed by atoms with van der Waals surface area (Å²) in [6, 6.07) is 4.99. The first-order valence-corrected chi connectivity index (χ1v) is 6.47. The van der Waals surface area contributed by atoms with E-state index in [4.69, 9.17) is 45.4 Å². The van der Waals surface area contributed by atoms with Gasteiger partial charge in [-0.15, -0.1) is 0 Å². The fourth-order valence-corrected chi connectivity index (χ4v) is 2.18. The molecule has 0 radical (unpaired) electrons. The lowest BCUT2D eigenvalue weighted by molar-refractivity contribution is 0.0946. The minimum Gasteiger partial charge on any atom is -0.468 e. The maximum Gasteiger partial charge on any atom is 0.287 e. The molecule has 0 saturated heterocycles. The molecule has 0 atom stereocenters. The molecule has 0 bridgehead atoms. The Morgan fingerprint density at radius 2 is 1.95 bits per heavy atom. The lowest BCUT2D eigenvalue weighted by atomic mass is 10.3. The fourth-order valence-electron chi connectivity index (χ4n) is 1.44. The Kier molecular flexibility index (Phi) is 4.72. The number of hydrogen-bond acceptors (Lipinski definition) is 4. The van der Waals surface area contributed by atoms with Crippen molar-refractivity contribution < 1.29 is 9.53 Å². The van der Waals surface area contributed by atoms with Gasteiger partial charge in [-0.2, -0.15) is 5.10 Å². The van der Waals surface area contributed by atoms with Crippen LogP contribution in [-0.4, -0.2) is 15.7 Å². The van der Waals surface area contributed by atoms with E-state index in [1.54, 1.807) is 18.2 Å². The SMILES string of the molecule is NNC(=O)c1nn(COc2c(Cl)cccc2Cl)cc1Cl. The Hall–Kier alpha value is -1.47. The number of nitrogens with zero attached hydrogens (tertiary/aromatic N) is 2. The summed E-state index contributed by atoms with van der Waals surface area (Å²) in [6.45, 7) is -0.0129. The van der Waals surface area contributed by atoms with Crippen molar-refractivity contribution in [3.63, 3.8) is 0 Å². The summed E-state index contributed by atoms with van der Waals surface area (Å²) < 4.78 is 6.78. The number of hydrogen-bond donors (Lipinski definition) is 2. The first-order chi connectivity index (χ1) is 9.52. The molecule has 2 aromatic rings. The van der Waals surface area contributed by atoms with E-state index in [0.717, 1.165) is 0 Å². The van der Waals surface area contributed by atoms with Crippen LogP contribution in [0.3, 0.4) is 0 Å². The van der Waals surface area contributed by atoms with Gasteiger partial charge in [-0.25, -0.2) is 10.5 Å². The maximum absolute atomic E-state index is 11.4. The molecule has 0 aliphatic carbocycles. The van der Waals surface area contributed by atoms with Gasteiger partial charge in [0, 0.05) is 6.20 Å². The number of nitrogen functional groups attached to an aromatic ring is 1. The molecule has 1 amide bonds. The van der Waals surface area contributed by atoms with Gasteiger partial charge in [0.25, 0.3) is 5.91 Å². The van der Waals surface area contributed by atoms with Crippen molar-refractivity contribution in [1.82, 2.24) is 15.2 Å². The standard InChI is InChI=1S/C11H9Cl3N4O2/c12-6-2-1-3-7(13)10(6)20-5-18-4-8(14)9(17-18)11(19)16-15/h1-4H,5,15H2,(H,16,19). The number of para-hydroxylation sites is 1. The molecule has 1 aromatic heterocycles. The third-order valence-electron chi connectivity index (χ3n) is 2.32. The molecular formula is C11H9Cl3N4O2. The van der Waals surface area contributed by atoms with Crippen molar-refractivity contribution in [3.05, 3.63) is 45.2 Å². The molecule has 0 fully saturated rings. The summed E-state index contributed by atoms with van der Waals surface area (Å²) in [5.74, 6) is 4.75. The second-order valence-corrected chi connectivity index (χ2v) is 4.88. The molecular weight excluding hydrogens is 327 g/mol. The molecule has 9 heteroatoms. The maximum atomic E-state index is 11.4. The molecule has 106 valence electrons. The normalized spacial score (nSPS) is 10.4. The molecule has 0 spiro atoms. The van der Waals surface area contributed by atoms with Gasteiger partial charge in [-0.3, -0.25) is 10.2 Å². The number of aromatic nitrogens is 2. The minimum absolute atomic E-state index is 0.00280. The second-order valence-electron chi connectivity index (χ2n) is 3.66. The van der Waals surface area contributed by atoms with Crippen LogP contribution >= 0.6 is 34.8 Å². The fraction of sp³-hybridized carbons (Fsp3) is 0.0909. The first-order valence-electron chi connectivity index (χ1n) is 5.33. The first kappa shape index (κ1) is 14.9. The molecule has 1 aromatic carbocycles. The van der Waals surface area contributed by atoms with Crippen LogP contribution in [0.5, 0.6) is 5.75 Å². The quantitative estimate of drug-likeness (QED) is 0.511. The van der Waals surface area contributed by atoms with Crippen molar-refractivity contribution in [2.24, 2.45) is 5.84 Å². The molecule has 3 N–H and O–H groups in total. The van der Waals surface area contributed by atoms with E-state index < -0.39 is 5.91 Å². The molecule has 0 aliphatic rings. The molecule has 1 heterocycles. The molecule has 2 rings (SSSR count). The van der Waals surface area contributed by atoms with Crippen LogP contribution in [0.15, 0.2) is 24.4 Å². The van der Waals surface area contributed by atoms with E-state index in [1.807, 2.05) is 5.43 Å². The van der Waals surface area contributed by atoms with E-state index in [-0.39, 0.29) is 17.4 Å². The Bertz CT molecular complexity index is 624. The summed E-state index contributed by atoms with van der Waals surface area (Å²) in [4.78, 5) is 11.4. The van der Waals surface area contributed by atoms with Gasteiger partial charge in [-0.05, 0) is 12.1 Å². The number of hydrazine groups is 1. The summed E-state index contributed by atoms with van der Waals surface area (Å²) >= 11 is 17.8. The highest BCUT2D eigenvalue weighted by Gasteiger charge is 2.15. The summed E-state index contributed by atoms with van der Waals surface area (Å²) in [5, 5.41) is 4.83. The van der Waals surface area contributed by atoms with Gasteiger partial charge < -0.3 is 4.74 Å². The van der Waals surface area contributed by atoms with Crippen molar-refractivity contribution in [2.45, 2.75) is 6.73 Å². The highest BCUT2D eigenvalue weighted by Crippen LogP contribution is 2.32. The average molecular weight is 336 g/mol. The number of nitrogens with two attached hydrogens (primary N) is 1. The molecule has 0 aliphatic heterocycles. The van der Waals surface area contributed by atoms with Gasteiger partial charge in [0.15, 0.2) is 18.2 Å². The van der Waals surface area contributed by atoms with Crippen LogP contribution in [0, 0.1) is 0 Å². The molecule has 20 heavy (non-hydrogen) atoms. The Balaban J connectivity index is 2.14. The number of carbonyl (C=O) groups excluding carboxylic acids is 1. The monoisotopic (exact) mass is 334 g/mol. The highest BCUT2D eigenvalue weighted by molar-refractivity contribution is 6.37. The number of nitrogens with one attached hydrogen (secondary N) is 1. The molecule has 0 unspecified atom stereocenters. The number of carbonyl (C=O) groups is 1. The minimum atomic E-state index is -0.593. The second kappa shape index (κ2) is 6.32. The van der Waals surface area contributed by atoms with Crippen molar-refractivity contribution in [2.75, 3.05) is 0 Å². The highest BCUT2D eigenvalue weighted by atomic mass is 35.5. The molecule has 0 saturated carbocycles. The van der Waals surface area contributed by atoms with Crippen molar-refractivity contribution in [3.8, 4) is 5.75 Å². The summed E-state index contributed by atoms with van der Waals surface area (Å²) in [5.41, 5.74) is 1.95. The van der Waals surface area contributed by atoms with E-state index in [1.165, 1.54) is 10.9 Å². The predicted octanol–water partition coefficient (Wildman–Crippen LogP) is 2.48. The van der Waals surface area contributed by atoms with Gasteiger partial charge in [0.2, 0.25) is 0 Å². The average Bonchev–Trinajstić information content (AvgIpc) is 2.78. The van der Waals surface area contributed by atoms with Crippen LogP contribution < -0.4 is 16.0 Å². The zero-order valence-corrected chi connectivity index (χ0v) is 12.2. The number of halogens is 3. The van der Waals surface area contributed by atoms with Crippen molar-refractivity contribution in [1.29, 1.82) is 0 Å². The van der Waals surface area contributed by atoms with Crippen molar-refractivity contribution >= 4 is 40.7 Å². The zero-order valence-electron chi connectivity index (χ0n) is 9.94. The van der Waals surface area contributed by atoms with E-state index in [0.29, 0.717) is 15.8 Å². The third-order valence-corrected chi connectivity index (χ3v) is 3.20. The van der Waals surface area contributed by atoms with Crippen LogP contribution in [0.25, 0.3) is 0 Å². The number of amides is 1. The van der Waals surface area contributed by atoms with Crippen LogP contribution in [0.4, 0.5) is 0 Å². The Morgan fingerprint density at radius 1 is 1.30 bits per heavy atom. The van der Waals surface area contributed by atoms with E-state index in [2.05, 4.69) is 5.10 Å². The van der Waals surface area contributed by atoms with Gasteiger partial charge in [-0.1, -0.05) is 40.9 Å². The number of benzene rings is 1. The topological polar surface area (TPSA) is 82.2 Å². The Morgan fingerprint density at radius 3 is 2.55 bits per heavy atom. The van der Waals surface area contributed by atoms with Gasteiger partial charge >= 0.3 is 0 Å². The smallest absolute Gasteiger partial charge is 0.287 e. The third kappa shape index (κ3) is 3.16.